The van der Waals surface area contributed by atoms with Crippen molar-refractivity contribution in [2.75, 3.05) is 60.1 Å². The van der Waals surface area contributed by atoms with Crippen LogP contribution in [-0.4, -0.2) is 86.5 Å². The van der Waals surface area contributed by atoms with Crippen LogP contribution in [0.3, 0.4) is 0 Å². The fourth-order valence-electron chi connectivity index (χ4n) is 4.74. The van der Waals surface area contributed by atoms with E-state index in [1.807, 2.05) is 12.1 Å². The van der Waals surface area contributed by atoms with E-state index in [1.54, 1.807) is 0 Å². The smallest absolute Gasteiger partial charge is 0.326 e. The number of carbonyl (C=O) groups excluding carboxylic acids is 1. The van der Waals surface area contributed by atoms with Crippen LogP contribution in [0.4, 0.5) is 0 Å². The summed E-state index contributed by atoms with van der Waals surface area (Å²) in [5.41, 5.74) is 3.16. The molecule has 3 rings (SSSR count). The maximum absolute atomic E-state index is 12.9. The fraction of sp³-hybridized carbons (Fsp3) is 0.682. The van der Waals surface area contributed by atoms with Gasteiger partial charge in [0.05, 0.1) is 20.3 Å². The Kier molecular flexibility index (Phi) is 7.57. The number of rotatable bonds is 6. The second-order valence-electron chi connectivity index (χ2n) is 8.23. The molecule has 2 heterocycles. The van der Waals surface area contributed by atoms with Crippen molar-refractivity contribution in [3.05, 3.63) is 33.8 Å². The molecule has 0 unspecified atom stereocenters. The number of ether oxygens (including phenoxy) is 2. The lowest BCUT2D eigenvalue weighted by Gasteiger charge is -2.48. The first-order chi connectivity index (χ1) is 13.9. The topological polar surface area (TPSA) is 45.2 Å². The Hall–Kier alpha value is -1.18. The van der Waals surface area contributed by atoms with Crippen molar-refractivity contribution in [1.82, 2.24) is 14.9 Å². The summed E-state index contributed by atoms with van der Waals surface area (Å²) in [6.07, 6.45) is 2.43. The van der Waals surface area contributed by atoms with Gasteiger partial charge in [-0.25, -0.2) is 10.0 Å². The second kappa shape index (κ2) is 9.75. The van der Waals surface area contributed by atoms with Crippen LogP contribution in [0.5, 0.6) is 0 Å². The Bertz CT molecular complexity index is 690. The molecule has 2 aliphatic heterocycles. The number of piperidine rings is 1. The molecular formula is C22H34ClN3O3. The molecule has 0 radical (unpaired) electrons. The van der Waals surface area contributed by atoms with Crippen molar-refractivity contribution in [2.45, 2.75) is 38.6 Å². The number of carbonyl (C=O) groups is 1. The van der Waals surface area contributed by atoms with Gasteiger partial charge in [-0.15, -0.1) is 0 Å². The minimum Gasteiger partial charge on any atom is -0.468 e. The van der Waals surface area contributed by atoms with Crippen LogP contribution < -0.4 is 0 Å². The first-order valence-corrected chi connectivity index (χ1v) is 10.9. The summed E-state index contributed by atoms with van der Waals surface area (Å²) >= 11 is 6.18. The maximum Gasteiger partial charge on any atom is 0.326 e. The van der Waals surface area contributed by atoms with E-state index in [0.717, 1.165) is 70.2 Å². The Morgan fingerprint density at radius 3 is 2.24 bits per heavy atom. The molecule has 0 aliphatic carbocycles. The normalized spacial score (nSPS) is 20.8. The van der Waals surface area contributed by atoms with Gasteiger partial charge in [0.2, 0.25) is 0 Å². The lowest BCUT2D eigenvalue weighted by molar-refractivity contribution is -0.165. The number of morpholine rings is 1. The number of nitrogens with zero attached hydrogens (tertiary/aromatic N) is 3. The molecule has 29 heavy (non-hydrogen) atoms. The Morgan fingerprint density at radius 1 is 1.14 bits per heavy atom. The molecule has 0 atom stereocenters. The quantitative estimate of drug-likeness (QED) is 0.655. The third kappa shape index (κ3) is 4.94. The van der Waals surface area contributed by atoms with Crippen LogP contribution in [0.15, 0.2) is 12.1 Å². The third-order valence-electron chi connectivity index (χ3n) is 6.61. The standard InChI is InChI=1S/C22H34ClN3O3/c1-17-15-19(23)16-18(2)20(17)5-8-24(3)22(21(27)28-4)6-9-25(10-7-22)26-11-13-29-14-12-26/h15-16H,5-14H2,1-4H3. The molecule has 0 saturated carbocycles. The molecule has 2 saturated heterocycles. The zero-order valence-electron chi connectivity index (χ0n) is 18.2. The molecule has 2 fully saturated rings. The van der Waals surface area contributed by atoms with E-state index >= 15 is 0 Å². The third-order valence-corrected chi connectivity index (χ3v) is 6.83. The van der Waals surface area contributed by atoms with Crippen LogP contribution in [0.1, 0.15) is 29.5 Å². The monoisotopic (exact) mass is 423 g/mol. The average molecular weight is 424 g/mol. The van der Waals surface area contributed by atoms with E-state index in [1.165, 1.54) is 23.8 Å². The predicted octanol–water partition coefficient (Wildman–Crippen LogP) is 2.69. The highest BCUT2D eigenvalue weighted by Gasteiger charge is 2.46. The molecular weight excluding hydrogens is 390 g/mol. The van der Waals surface area contributed by atoms with Gasteiger partial charge in [-0.2, -0.15) is 0 Å². The first-order valence-electron chi connectivity index (χ1n) is 10.5. The number of hydrogen-bond donors (Lipinski definition) is 0. The maximum atomic E-state index is 12.9. The SMILES string of the molecule is COC(=O)C1(N(C)CCc2c(C)cc(Cl)cc2C)CCN(N2CCOCC2)CC1. The van der Waals surface area contributed by atoms with Gasteiger partial charge in [-0.3, -0.25) is 9.69 Å². The van der Waals surface area contributed by atoms with E-state index in [9.17, 15) is 4.79 Å². The number of likely N-dealkylation sites (N-methyl/N-ethyl adjacent to an activating group) is 1. The van der Waals surface area contributed by atoms with E-state index in [2.05, 4.69) is 35.8 Å². The second-order valence-corrected chi connectivity index (χ2v) is 8.67. The number of methoxy groups -OCH3 is 1. The molecule has 1 aromatic rings. The molecule has 6 nitrogen and oxygen atoms in total. The van der Waals surface area contributed by atoms with Crippen molar-refractivity contribution in [2.24, 2.45) is 0 Å². The van der Waals surface area contributed by atoms with Gasteiger partial charge in [-0.1, -0.05) is 11.6 Å². The molecule has 1 aromatic carbocycles. The van der Waals surface area contributed by atoms with Crippen LogP contribution in [0, 0.1) is 13.8 Å². The molecule has 0 aromatic heterocycles. The van der Waals surface area contributed by atoms with Crippen LogP contribution >= 0.6 is 11.6 Å². The van der Waals surface area contributed by atoms with E-state index < -0.39 is 5.54 Å². The Labute approximate surface area is 179 Å². The summed E-state index contributed by atoms with van der Waals surface area (Å²) in [6, 6.07) is 4.03. The van der Waals surface area contributed by atoms with Crippen LogP contribution in [0.2, 0.25) is 5.02 Å². The van der Waals surface area contributed by atoms with Crippen molar-refractivity contribution >= 4 is 17.6 Å². The van der Waals surface area contributed by atoms with Gasteiger partial charge in [0.1, 0.15) is 5.54 Å². The highest BCUT2D eigenvalue weighted by atomic mass is 35.5. The van der Waals surface area contributed by atoms with Gasteiger partial charge in [0.15, 0.2) is 0 Å². The lowest BCUT2D eigenvalue weighted by Crippen LogP contribution is -2.62. The average Bonchev–Trinajstić information content (AvgIpc) is 2.72. The van der Waals surface area contributed by atoms with E-state index in [-0.39, 0.29) is 5.97 Å². The molecule has 0 spiro atoms. The lowest BCUT2D eigenvalue weighted by atomic mass is 9.85. The summed E-state index contributed by atoms with van der Waals surface area (Å²) in [5.74, 6) is -0.119. The van der Waals surface area contributed by atoms with Crippen molar-refractivity contribution in [3.8, 4) is 0 Å². The number of hydrazine groups is 1. The number of hydrogen-bond acceptors (Lipinski definition) is 6. The summed E-state index contributed by atoms with van der Waals surface area (Å²) in [6.45, 7) is 10.1. The predicted molar refractivity (Wildman–Crippen MR) is 115 cm³/mol. The minimum absolute atomic E-state index is 0.119. The van der Waals surface area contributed by atoms with Gasteiger partial charge in [0, 0.05) is 37.7 Å². The van der Waals surface area contributed by atoms with E-state index in [4.69, 9.17) is 21.1 Å². The van der Waals surface area contributed by atoms with Crippen molar-refractivity contribution < 1.29 is 14.3 Å². The van der Waals surface area contributed by atoms with Crippen molar-refractivity contribution in [3.63, 3.8) is 0 Å². The van der Waals surface area contributed by atoms with Gasteiger partial charge < -0.3 is 9.47 Å². The zero-order valence-corrected chi connectivity index (χ0v) is 18.9. The zero-order chi connectivity index (χ0) is 21.0. The fourth-order valence-corrected chi connectivity index (χ4v) is 5.07. The van der Waals surface area contributed by atoms with E-state index in [0.29, 0.717) is 0 Å². The molecule has 162 valence electrons. The van der Waals surface area contributed by atoms with Crippen LogP contribution in [0.25, 0.3) is 0 Å². The molecule has 0 N–H and O–H groups in total. The Balaban J connectivity index is 1.68. The number of halogens is 1. The van der Waals surface area contributed by atoms with Gasteiger partial charge in [-0.05, 0) is 69.0 Å². The minimum atomic E-state index is -0.564. The highest BCUT2D eigenvalue weighted by molar-refractivity contribution is 6.30. The summed E-state index contributed by atoms with van der Waals surface area (Å²) in [7, 11) is 3.56. The summed E-state index contributed by atoms with van der Waals surface area (Å²) in [4.78, 5) is 15.1. The van der Waals surface area contributed by atoms with Crippen molar-refractivity contribution in [1.29, 1.82) is 0 Å². The first kappa shape index (κ1) is 22.5. The van der Waals surface area contributed by atoms with Crippen LogP contribution in [-0.2, 0) is 20.7 Å². The number of esters is 1. The molecule has 0 bridgehead atoms. The summed E-state index contributed by atoms with van der Waals surface area (Å²) in [5, 5.41) is 5.52. The van der Waals surface area contributed by atoms with Gasteiger partial charge >= 0.3 is 5.97 Å². The highest BCUT2D eigenvalue weighted by Crippen LogP contribution is 2.31. The molecule has 0 amide bonds. The number of aryl methyl sites for hydroxylation is 2. The molecule has 7 heteroatoms. The molecule has 2 aliphatic rings. The number of benzene rings is 1. The largest absolute Gasteiger partial charge is 0.468 e. The Morgan fingerprint density at radius 2 is 1.69 bits per heavy atom. The summed E-state index contributed by atoms with van der Waals surface area (Å²) < 4.78 is 10.7. The van der Waals surface area contributed by atoms with Gasteiger partial charge in [0.25, 0.3) is 0 Å².